The first-order chi connectivity index (χ1) is 16.1. The molecular weight excluding hydrogens is 416 g/mol. The summed E-state index contributed by atoms with van der Waals surface area (Å²) in [5.74, 6) is 1.07. The van der Waals surface area contributed by atoms with Crippen molar-refractivity contribution in [2.24, 2.45) is 0 Å². The van der Waals surface area contributed by atoms with E-state index < -0.39 is 0 Å². The van der Waals surface area contributed by atoms with E-state index in [4.69, 9.17) is 9.72 Å². The first-order valence-electron chi connectivity index (χ1n) is 10.9. The molecule has 8 heteroatoms. The lowest BCUT2D eigenvalue weighted by Gasteiger charge is -2.19. The normalized spacial score (nSPS) is 12.1. The molecule has 0 aliphatic heterocycles. The molecule has 5 rings (SSSR count). The molecule has 1 aliphatic rings. The molecule has 1 N–H and O–H groups in total. The molecule has 4 aromatic rings. The van der Waals surface area contributed by atoms with Gasteiger partial charge < -0.3 is 10.1 Å². The number of hydrogen-bond donors (Lipinski definition) is 1. The molecule has 0 unspecified atom stereocenters. The van der Waals surface area contributed by atoms with Gasteiger partial charge in [0.1, 0.15) is 5.75 Å². The van der Waals surface area contributed by atoms with Crippen molar-refractivity contribution in [1.82, 2.24) is 30.0 Å². The number of nitrogens with zero attached hydrogens (tertiary/aromatic N) is 5. The molecule has 0 bridgehead atoms. The summed E-state index contributed by atoms with van der Waals surface area (Å²) in [4.78, 5) is 26.1. The van der Waals surface area contributed by atoms with E-state index in [9.17, 15) is 4.79 Å². The van der Waals surface area contributed by atoms with Gasteiger partial charge in [0.15, 0.2) is 0 Å². The third kappa shape index (κ3) is 4.07. The topological polar surface area (TPSA) is 94.8 Å². The zero-order valence-electron chi connectivity index (χ0n) is 18.6. The average molecular weight is 441 g/mol. The van der Waals surface area contributed by atoms with Crippen molar-refractivity contribution in [3.05, 3.63) is 83.1 Å². The minimum atomic E-state index is -0.166. The van der Waals surface area contributed by atoms with Gasteiger partial charge >= 0.3 is 0 Å². The maximum absolute atomic E-state index is 12.7. The number of aromatic nitrogens is 5. The molecule has 0 radical (unpaired) electrons. The van der Waals surface area contributed by atoms with Gasteiger partial charge in [0.2, 0.25) is 0 Å². The van der Waals surface area contributed by atoms with Crippen molar-refractivity contribution in [2.75, 3.05) is 13.7 Å². The lowest BCUT2D eigenvalue weighted by atomic mass is 9.90. The van der Waals surface area contributed by atoms with E-state index in [1.807, 2.05) is 37.4 Å². The lowest BCUT2D eigenvalue weighted by molar-refractivity contribution is 0.0953. The highest BCUT2D eigenvalue weighted by atomic mass is 16.5. The van der Waals surface area contributed by atoms with Gasteiger partial charge in [0, 0.05) is 30.7 Å². The molecule has 0 atom stereocenters. The van der Waals surface area contributed by atoms with Crippen molar-refractivity contribution in [1.29, 1.82) is 0 Å². The molecule has 33 heavy (non-hydrogen) atoms. The molecule has 0 saturated heterocycles. The Morgan fingerprint density at radius 3 is 2.76 bits per heavy atom. The Balaban J connectivity index is 1.38. The number of carbonyl (C=O) groups is 1. The average Bonchev–Trinajstić information content (AvgIpc) is 3.25. The number of benzene rings is 1. The number of amides is 1. The van der Waals surface area contributed by atoms with Gasteiger partial charge in [-0.3, -0.25) is 9.78 Å². The van der Waals surface area contributed by atoms with Crippen LogP contribution in [-0.4, -0.2) is 44.3 Å². The van der Waals surface area contributed by atoms with E-state index in [1.54, 1.807) is 30.4 Å². The van der Waals surface area contributed by atoms with Gasteiger partial charge in [-0.05, 0) is 67.1 Å². The van der Waals surface area contributed by atoms with Crippen molar-refractivity contribution in [3.8, 4) is 23.0 Å². The Hall–Kier alpha value is -4.07. The molecule has 1 aromatic carbocycles. The summed E-state index contributed by atoms with van der Waals surface area (Å²) in [6.07, 6.45) is 9.49. The summed E-state index contributed by atoms with van der Waals surface area (Å²) in [6, 6.07) is 9.96. The van der Waals surface area contributed by atoms with Crippen LogP contribution in [0.1, 0.15) is 32.7 Å². The first-order valence-corrected chi connectivity index (χ1v) is 10.9. The van der Waals surface area contributed by atoms with Crippen LogP contribution in [0.5, 0.6) is 5.75 Å². The Labute approximate surface area is 191 Å². The van der Waals surface area contributed by atoms with Gasteiger partial charge in [-0.2, -0.15) is 5.10 Å². The molecular formula is C25H24N6O2. The van der Waals surface area contributed by atoms with Crippen molar-refractivity contribution < 1.29 is 9.53 Å². The molecule has 0 fully saturated rings. The zero-order valence-corrected chi connectivity index (χ0v) is 18.6. The molecule has 1 amide bonds. The Kier molecular flexibility index (Phi) is 5.56. The number of pyridine rings is 1. The van der Waals surface area contributed by atoms with Crippen LogP contribution in [0.2, 0.25) is 0 Å². The van der Waals surface area contributed by atoms with E-state index in [-0.39, 0.29) is 5.91 Å². The van der Waals surface area contributed by atoms with E-state index in [1.165, 1.54) is 5.56 Å². The summed E-state index contributed by atoms with van der Waals surface area (Å²) < 4.78 is 7.03. The molecule has 0 spiro atoms. The van der Waals surface area contributed by atoms with Crippen LogP contribution >= 0.6 is 0 Å². The SMILES string of the molecule is COc1ccc2c(c1)-c1nc(-n3ncc(C(=O)NCCc4ccncc4)c3C)ncc1CC2. The van der Waals surface area contributed by atoms with Crippen LogP contribution in [0.4, 0.5) is 0 Å². The molecule has 1 aliphatic carbocycles. The third-order valence-corrected chi connectivity index (χ3v) is 5.98. The fourth-order valence-electron chi connectivity index (χ4n) is 4.11. The fourth-order valence-corrected chi connectivity index (χ4v) is 4.11. The summed E-state index contributed by atoms with van der Waals surface area (Å²) in [6.45, 7) is 2.38. The summed E-state index contributed by atoms with van der Waals surface area (Å²) in [7, 11) is 1.66. The number of ether oxygens (including phenoxy) is 1. The van der Waals surface area contributed by atoms with Gasteiger partial charge in [0.25, 0.3) is 11.9 Å². The number of rotatable bonds is 6. The Morgan fingerprint density at radius 1 is 1.12 bits per heavy atom. The van der Waals surface area contributed by atoms with E-state index >= 15 is 0 Å². The maximum atomic E-state index is 12.7. The number of aryl methyl sites for hydroxylation is 2. The van der Waals surface area contributed by atoms with Crippen LogP contribution in [0.15, 0.2) is 55.1 Å². The van der Waals surface area contributed by atoms with Crippen LogP contribution in [-0.2, 0) is 19.3 Å². The molecule has 8 nitrogen and oxygen atoms in total. The van der Waals surface area contributed by atoms with Crippen LogP contribution in [0, 0.1) is 6.92 Å². The standard InChI is InChI=1S/C25H24N6O2/c1-16-22(24(32)27-12-9-17-7-10-26-11-8-17)15-29-31(16)25-28-14-19-4-3-18-5-6-20(33-2)13-21(18)23(19)30-25/h5-8,10-11,13-15H,3-4,9,12H2,1-2H3,(H,27,32). The highest BCUT2D eigenvalue weighted by Gasteiger charge is 2.22. The minimum absolute atomic E-state index is 0.166. The smallest absolute Gasteiger partial charge is 0.254 e. The monoisotopic (exact) mass is 440 g/mol. The Morgan fingerprint density at radius 2 is 1.94 bits per heavy atom. The highest BCUT2D eigenvalue weighted by Crippen LogP contribution is 2.34. The fraction of sp³-hybridized carbons (Fsp3) is 0.240. The third-order valence-electron chi connectivity index (χ3n) is 5.98. The second kappa shape index (κ2) is 8.82. The predicted octanol–water partition coefficient (Wildman–Crippen LogP) is 3.11. The number of fused-ring (bicyclic) bond motifs is 3. The Bertz CT molecular complexity index is 1320. The first kappa shape index (κ1) is 20.8. The van der Waals surface area contributed by atoms with Crippen molar-refractivity contribution in [2.45, 2.75) is 26.2 Å². The second-order valence-corrected chi connectivity index (χ2v) is 7.98. The van der Waals surface area contributed by atoms with Crippen LogP contribution < -0.4 is 10.1 Å². The van der Waals surface area contributed by atoms with Crippen LogP contribution in [0.25, 0.3) is 17.2 Å². The number of hydrogen-bond acceptors (Lipinski definition) is 6. The van der Waals surface area contributed by atoms with E-state index in [0.717, 1.165) is 47.4 Å². The van der Waals surface area contributed by atoms with Crippen LogP contribution in [0.3, 0.4) is 0 Å². The zero-order chi connectivity index (χ0) is 22.8. The van der Waals surface area contributed by atoms with Crippen molar-refractivity contribution in [3.63, 3.8) is 0 Å². The van der Waals surface area contributed by atoms with Gasteiger partial charge in [0.05, 0.1) is 30.3 Å². The van der Waals surface area contributed by atoms with Gasteiger partial charge in [-0.25, -0.2) is 14.6 Å². The number of nitrogens with one attached hydrogen (secondary N) is 1. The van der Waals surface area contributed by atoms with E-state index in [2.05, 4.69) is 26.4 Å². The lowest BCUT2D eigenvalue weighted by Crippen LogP contribution is -2.26. The molecule has 3 aromatic heterocycles. The number of methoxy groups -OCH3 is 1. The summed E-state index contributed by atoms with van der Waals surface area (Å²) in [5.41, 5.74) is 6.59. The molecule has 166 valence electrons. The quantitative estimate of drug-likeness (QED) is 0.495. The largest absolute Gasteiger partial charge is 0.497 e. The summed E-state index contributed by atoms with van der Waals surface area (Å²) >= 11 is 0. The maximum Gasteiger partial charge on any atom is 0.254 e. The second-order valence-electron chi connectivity index (χ2n) is 7.98. The van der Waals surface area contributed by atoms with Gasteiger partial charge in [-0.15, -0.1) is 0 Å². The van der Waals surface area contributed by atoms with E-state index in [0.29, 0.717) is 23.8 Å². The molecule has 0 saturated carbocycles. The molecule has 3 heterocycles. The minimum Gasteiger partial charge on any atom is -0.497 e. The number of carbonyl (C=O) groups excluding carboxylic acids is 1. The van der Waals surface area contributed by atoms with Gasteiger partial charge in [-0.1, -0.05) is 6.07 Å². The summed E-state index contributed by atoms with van der Waals surface area (Å²) in [5, 5.41) is 7.37. The van der Waals surface area contributed by atoms with Crippen molar-refractivity contribution >= 4 is 5.91 Å². The predicted molar refractivity (Wildman–Crippen MR) is 124 cm³/mol. The highest BCUT2D eigenvalue weighted by molar-refractivity contribution is 5.95.